The predicted octanol–water partition coefficient (Wildman–Crippen LogP) is 2.16. The molecule has 10 heteroatoms. The van der Waals surface area contributed by atoms with Crippen LogP contribution in [0, 0.1) is 0 Å². The lowest BCUT2D eigenvalue weighted by Gasteiger charge is -2.26. The van der Waals surface area contributed by atoms with Crippen molar-refractivity contribution in [3.8, 4) is 0 Å². The van der Waals surface area contributed by atoms with Gasteiger partial charge in [-0.05, 0) is 31.5 Å². The molecule has 1 unspecified atom stereocenters. The highest BCUT2D eigenvalue weighted by Gasteiger charge is 2.12. The van der Waals surface area contributed by atoms with Crippen molar-refractivity contribution in [1.82, 2.24) is 24.8 Å². The number of aliphatic hydroxyl groups is 1. The van der Waals surface area contributed by atoms with Crippen molar-refractivity contribution in [2.45, 2.75) is 32.4 Å². The molecule has 0 saturated carbocycles. The number of aromatic nitrogens is 4. The van der Waals surface area contributed by atoms with Crippen LogP contribution in [0.25, 0.3) is 10.3 Å². The summed E-state index contributed by atoms with van der Waals surface area (Å²) in [6.07, 6.45) is 4.73. The lowest BCUT2D eigenvalue weighted by molar-refractivity contribution is 0.0336. The van der Waals surface area contributed by atoms with Gasteiger partial charge in [-0.15, -0.1) is 0 Å². The maximum atomic E-state index is 8.78. The van der Waals surface area contributed by atoms with E-state index in [1.807, 2.05) is 25.1 Å². The highest BCUT2D eigenvalue weighted by atomic mass is 32.1. The van der Waals surface area contributed by atoms with Crippen molar-refractivity contribution < 1.29 is 9.84 Å². The van der Waals surface area contributed by atoms with Gasteiger partial charge < -0.3 is 20.9 Å². The zero-order valence-corrected chi connectivity index (χ0v) is 18.0. The number of fused-ring (bicyclic) bond motifs is 1. The summed E-state index contributed by atoms with van der Waals surface area (Å²) in [7, 11) is 0. The minimum atomic E-state index is -0.176. The molecule has 0 bridgehead atoms. The summed E-state index contributed by atoms with van der Waals surface area (Å²) in [5, 5.41) is 12.8. The molecular formula is C20H29N7O2S. The molecule has 1 fully saturated rings. The smallest absolute Gasteiger partial charge is 0.190 e. The first-order valence-corrected chi connectivity index (χ1v) is 11.0. The Morgan fingerprint density at radius 3 is 2.83 bits per heavy atom. The van der Waals surface area contributed by atoms with Crippen molar-refractivity contribution in [1.29, 1.82) is 0 Å². The third-order valence-corrected chi connectivity index (χ3v) is 5.48. The zero-order valence-electron chi connectivity index (χ0n) is 17.2. The Balaban J connectivity index is 0.000000318. The number of ether oxygens (including phenoxy) is 1. The van der Waals surface area contributed by atoms with E-state index in [0.29, 0.717) is 6.54 Å². The Morgan fingerprint density at radius 1 is 1.30 bits per heavy atom. The predicted molar refractivity (Wildman–Crippen MR) is 119 cm³/mol. The third kappa shape index (κ3) is 6.92. The SMILES string of the molecule is CCC(O)CCN.c1cnc2sc(Nc3cc(CN4CCOCC4)ncn3)nc2c1. The van der Waals surface area contributed by atoms with E-state index in [9.17, 15) is 0 Å². The van der Waals surface area contributed by atoms with Gasteiger partial charge in [-0.2, -0.15) is 0 Å². The van der Waals surface area contributed by atoms with E-state index in [0.717, 1.165) is 72.7 Å². The number of anilines is 2. The lowest BCUT2D eigenvalue weighted by atomic mass is 10.2. The second-order valence-corrected chi connectivity index (χ2v) is 7.87. The fourth-order valence-electron chi connectivity index (χ4n) is 2.87. The Hall–Kier alpha value is -2.24. The number of thiazole rings is 1. The van der Waals surface area contributed by atoms with Crippen LogP contribution in [0.1, 0.15) is 25.5 Å². The molecule has 4 rings (SSSR count). The first kappa shape index (κ1) is 22.4. The van der Waals surface area contributed by atoms with Crippen molar-refractivity contribution >= 4 is 32.6 Å². The number of nitrogens with zero attached hydrogens (tertiary/aromatic N) is 5. The first-order valence-electron chi connectivity index (χ1n) is 10.2. The Kier molecular flexibility index (Phi) is 8.84. The Bertz CT molecular complexity index is 869. The molecule has 0 aromatic carbocycles. The highest BCUT2D eigenvalue weighted by Crippen LogP contribution is 2.25. The molecule has 0 aliphatic carbocycles. The van der Waals surface area contributed by atoms with E-state index in [4.69, 9.17) is 15.6 Å². The van der Waals surface area contributed by atoms with Gasteiger partial charge in [-0.25, -0.2) is 19.9 Å². The molecule has 9 nitrogen and oxygen atoms in total. The molecular weight excluding hydrogens is 402 g/mol. The number of nitrogens with two attached hydrogens (primary N) is 1. The van der Waals surface area contributed by atoms with Gasteiger partial charge in [0.25, 0.3) is 0 Å². The number of hydrogen-bond acceptors (Lipinski definition) is 10. The van der Waals surface area contributed by atoms with Gasteiger partial charge in [-0.1, -0.05) is 18.3 Å². The van der Waals surface area contributed by atoms with Crippen molar-refractivity contribution in [2.24, 2.45) is 5.73 Å². The van der Waals surface area contributed by atoms with Gasteiger partial charge in [0.05, 0.1) is 25.0 Å². The van der Waals surface area contributed by atoms with E-state index >= 15 is 0 Å². The normalized spacial score (nSPS) is 15.4. The summed E-state index contributed by atoms with van der Waals surface area (Å²) >= 11 is 1.51. The van der Waals surface area contributed by atoms with Crippen LogP contribution in [0.2, 0.25) is 0 Å². The van der Waals surface area contributed by atoms with Crippen LogP contribution in [0.4, 0.5) is 10.9 Å². The summed E-state index contributed by atoms with van der Waals surface area (Å²) in [4.78, 5) is 20.7. The average molecular weight is 432 g/mol. The molecule has 3 aromatic heterocycles. The summed E-state index contributed by atoms with van der Waals surface area (Å²) < 4.78 is 5.37. The van der Waals surface area contributed by atoms with Gasteiger partial charge in [0.1, 0.15) is 22.5 Å². The van der Waals surface area contributed by atoms with Crippen LogP contribution in [-0.4, -0.2) is 68.9 Å². The molecule has 4 heterocycles. The quantitative estimate of drug-likeness (QED) is 0.516. The maximum Gasteiger partial charge on any atom is 0.190 e. The van der Waals surface area contributed by atoms with Crippen LogP contribution < -0.4 is 11.1 Å². The topological polar surface area (TPSA) is 122 Å². The van der Waals surface area contributed by atoms with Crippen molar-refractivity contribution in [3.63, 3.8) is 0 Å². The van der Waals surface area contributed by atoms with Crippen LogP contribution in [0.15, 0.2) is 30.7 Å². The Labute approximate surface area is 180 Å². The fourth-order valence-corrected chi connectivity index (χ4v) is 3.68. The lowest BCUT2D eigenvalue weighted by Crippen LogP contribution is -2.35. The molecule has 1 aliphatic heterocycles. The van der Waals surface area contributed by atoms with Crippen molar-refractivity contribution in [3.05, 3.63) is 36.4 Å². The van der Waals surface area contributed by atoms with E-state index in [-0.39, 0.29) is 6.10 Å². The molecule has 162 valence electrons. The largest absolute Gasteiger partial charge is 0.393 e. The second kappa shape index (κ2) is 11.8. The number of morpholine rings is 1. The first-order chi connectivity index (χ1) is 14.7. The number of hydrogen-bond donors (Lipinski definition) is 3. The van der Waals surface area contributed by atoms with Crippen LogP contribution >= 0.6 is 11.3 Å². The fraction of sp³-hybridized carbons (Fsp3) is 0.500. The minimum Gasteiger partial charge on any atom is -0.393 e. The van der Waals surface area contributed by atoms with E-state index < -0.39 is 0 Å². The van der Waals surface area contributed by atoms with E-state index in [1.165, 1.54) is 11.3 Å². The molecule has 0 radical (unpaired) electrons. The van der Waals surface area contributed by atoms with Crippen LogP contribution in [0.5, 0.6) is 0 Å². The molecule has 0 amide bonds. The summed E-state index contributed by atoms with van der Waals surface area (Å²) in [5.41, 5.74) is 7.03. The number of aliphatic hydroxyl groups excluding tert-OH is 1. The standard InChI is InChI=1S/C15H16N6OS.C5H13NO/c1-2-12-14(16-3-1)23-15(19-12)20-13-8-11(17-10-18-13)9-21-4-6-22-7-5-21;1-2-5(7)3-4-6/h1-3,8,10H,4-7,9H2,(H,17,18,19,20);5,7H,2-4,6H2,1H3. The van der Waals surface area contributed by atoms with E-state index in [1.54, 1.807) is 12.5 Å². The number of pyridine rings is 1. The Morgan fingerprint density at radius 2 is 2.13 bits per heavy atom. The zero-order chi connectivity index (χ0) is 21.2. The monoisotopic (exact) mass is 431 g/mol. The number of nitrogens with one attached hydrogen (secondary N) is 1. The number of rotatable bonds is 7. The van der Waals surface area contributed by atoms with Gasteiger partial charge in [0, 0.05) is 31.9 Å². The second-order valence-electron chi connectivity index (χ2n) is 6.89. The molecule has 0 spiro atoms. The van der Waals surface area contributed by atoms with Crippen LogP contribution in [0.3, 0.4) is 0 Å². The molecule has 1 saturated heterocycles. The molecule has 3 aromatic rings. The van der Waals surface area contributed by atoms with Gasteiger partial charge in [0.15, 0.2) is 5.13 Å². The minimum absolute atomic E-state index is 0.176. The van der Waals surface area contributed by atoms with E-state index in [2.05, 4.69) is 30.2 Å². The van der Waals surface area contributed by atoms with Gasteiger partial charge >= 0.3 is 0 Å². The average Bonchev–Trinajstić information content (AvgIpc) is 3.17. The van der Waals surface area contributed by atoms with Gasteiger partial charge in [0.2, 0.25) is 0 Å². The van der Waals surface area contributed by atoms with Crippen molar-refractivity contribution in [2.75, 3.05) is 38.2 Å². The summed E-state index contributed by atoms with van der Waals surface area (Å²) in [6.45, 7) is 6.80. The molecule has 30 heavy (non-hydrogen) atoms. The highest BCUT2D eigenvalue weighted by molar-refractivity contribution is 7.21. The summed E-state index contributed by atoms with van der Waals surface area (Å²) in [5.74, 6) is 0.752. The third-order valence-electron chi connectivity index (χ3n) is 4.59. The van der Waals surface area contributed by atoms with Crippen LogP contribution in [-0.2, 0) is 11.3 Å². The maximum absolute atomic E-state index is 8.78. The molecule has 1 atom stereocenters. The molecule has 4 N–H and O–H groups in total. The summed E-state index contributed by atoms with van der Waals surface area (Å²) in [6, 6.07) is 5.81. The molecule has 1 aliphatic rings. The van der Waals surface area contributed by atoms with Gasteiger partial charge in [-0.3, -0.25) is 4.90 Å².